The van der Waals surface area contributed by atoms with Crippen LogP contribution in [0, 0.1) is 5.92 Å². The fraction of sp³-hybridized carbons (Fsp3) is 0.476. The maximum absolute atomic E-state index is 13.0. The maximum atomic E-state index is 13.0. The van der Waals surface area contributed by atoms with Gasteiger partial charge < -0.3 is 30.7 Å². The molecule has 0 radical (unpaired) electrons. The normalized spacial score (nSPS) is 19.7. The predicted molar refractivity (Wildman–Crippen MR) is 133 cm³/mol. The number of ether oxygens (including phenoxy) is 2. The van der Waals surface area contributed by atoms with Gasteiger partial charge in [0, 0.05) is 11.1 Å². The van der Waals surface area contributed by atoms with E-state index in [0.29, 0.717) is 5.75 Å². The second kappa shape index (κ2) is 12.2. The minimum atomic E-state index is -0.953. The van der Waals surface area contributed by atoms with E-state index in [-0.39, 0.29) is 28.2 Å². The van der Waals surface area contributed by atoms with Crippen LogP contribution >= 0.6 is 23.1 Å². The van der Waals surface area contributed by atoms with E-state index in [4.69, 9.17) is 20.0 Å². The lowest BCUT2D eigenvalue weighted by Crippen LogP contribution is -2.70. The molecule has 2 aliphatic heterocycles. The van der Waals surface area contributed by atoms with Gasteiger partial charge in [-0.05, 0) is 13.0 Å². The molecule has 0 aromatic carbocycles. The van der Waals surface area contributed by atoms with Crippen molar-refractivity contribution in [2.24, 2.45) is 16.8 Å². The third-order valence-corrected chi connectivity index (χ3v) is 6.93. The van der Waals surface area contributed by atoms with Crippen molar-refractivity contribution in [3.8, 4) is 0 Å². The molecule has 3 atom stereocenters. The van der Waals surface area contributed by atoms with Crippen LogP contribution < -0.4 is 16.4 Å². The van der Waals surface area contributed by atoms with Crippen molar-refractivity contribution in [1.82, 2.24) is 15.2 Å². The van der Waals surface area contributed by atoms with E-state index < -0.39 is 53.9 Å². The molecule has 1 saturated heterocycles. The van der Waals surface area contributed by atoms with Crippen molar-refractivity contribution < 1.29 is 38.3 Å². The van der Waals surface area contributed by atoms with Crippen LogP contribution in [-0.4, -0.2) is 82.4 Å². The number of fused-ring (bicyclic) bond motifs is 1. The fourth-order valence-electron chi connectivity index (χ4n) is 3.08. The number of hydrogen-bond acceptors (Lipinski definition) is 13. The first-order chi connectivity index (χ1) is 17.5. The highest BCUT2D eigenvalue weighted by atomic mass is 32.2. The molecule has 0 bridgehead atoms. The van der Waals surface area contributed by atoms with E-state index in [1.807, 2.05) is 0 Å². The second-order valence-corrected chi connectivity index (χ2v) is 10.1. The fourth-order valence-corrected chi connectivity index (χ4v) is 4.97. The molecule has 0 aliphatic carbocycles. The Morgan fingerprint density at radius 1 is 1.27 bits per heavy atom. The van der Waals surface area contributed by atoms with Gasteiger partial charge in [-0.2, -0.15) is 0 Å². The molecular weight excluding hydrogens is 528 g/mol. The van der Waals surface area contributed by atoms with E-state index in [9.17, 15) is 24.0 Å². The highest BCUT2D eigenvalue weighted by molar-refractivity contribution is 8.00. The van der Waals surface area contributed by atoms with Gasteiger partial charge in [0.2, 0.25) is 12.7 Å². The molecule has 4 N–H and O–H groups in total. The molecule has 1 aromatic rings. The number of β-lactam (4-membered cyclic amide) rings is 1. The Morgan fingerprint density at radius 3 is 2.65 bits per heavy atom. The number of hydrogen-bond donors (Lipinski definition) is 3. The summed E-state index contributed by atoms with van der Waals surface area (Å²) in [5.41, 5.74) is 5.43. The summed E-state index contributed by atoms with van der Waals surface area (Å²) in [6, 6.07) is -1.71. The number of thioether (sulfide) groups is 1. The van der Waals surface area contributed by atoms with Gasteiger partial charge >= 0.3 is 11.9 Å². The summed E-state index contributed by atoms with van der Waals surface area (Å²) in [6.07, 6.45) is 1.52. The van der Waals surface area contributed by atoms with Crippen molar-refractivity contribution in [3.63, 3.8) is 0 Å². The van der Waals surface area contributed by atoms with E-state index in [1.165, 1.54) is 42.2 Å². The van der Waals surface area contributed by atoms with E-state index in [1.54, 1.807) is 13.8 Å². The summed E-state index contributed by atoms with van der Waals surface area (Å²) in [6.45, 7) is 4.21. The smallest absolute Gasteiger partial charge is 0.357 e. The number of rotatable bonds is 10. The Labute approximate surface area is 219 Å². The summed E-state index contributed by atoms with van der Waals surface area (Å²) < 4.78 is 9.81. The number of nitrogens with zero attached hydrogens (tertiary/aromatic N) is 3. The number of amides is 3. The zero-order valence-corrected chi connectivity index (χ0v) is 22.0. The lowest BCUT2D eigenvalue weighted by Gasteiger charge is -2.48. The summed E-state index contributed by atoms with van der Waals surface area (Å²) in [4.78, 5) is 71.7. The third kappa shape index (κ3) is 6.44. The zero-order chi connectivity index (χ0) is 27.3. The van der Waals surface area contributed by atoms with Crippen LogP contribution in [0.1, 0.15) is 26.5 Å². The molecule has 3 rings (SSSR count). The highest BCUT2D eigenvalue weighted by Gasteiger charge is 2.53. The molecule has 1 aromatic heterocycles. The Bertz CT molecular complexity index is 1150. The van der Waals surface area contributed by atoms with Gasteiger partial charge in [0.1, 0.15) is 29.9 Å². The Hall–Kier alpha value is -3.50. The number of carbonyl (C=O) groups is 5. The first-order valence-electron chi connectivity index (χ1n) is 11.0. The number of nitrogens with two attached hydrogens (primary N) is 1. The van der Waals surface area contributed by atoms with Crippen molar-refractivity contribution >= 4 is 63.6 Å². The SMILES string of the molecule is CO/N=C(\C(=O)N[C@@H]1C(=O)N2C(C(=O)OCOC(=O)C(C)C)=CCS[C@H]12)c1csc(NC(=O)[C@H](C)N)n1. The monoisotopic (exact) mass is 554 g/mol. The van der Waals surface area contributed by atoms with Gasteiger partial charge in [-0.25, -0.2) is 9.78 Å². The van der Waals surface area contributed by atoms with Crippen LogP contribution in [-0.2, 0) is 38.3 Å². The summed E-state index contributed by atoms with van der Waals surface area (Å²) >= 11 is 2.38. The van der Waals surface area contributed by atoms with Gasteiger partial charge in [0.25, 0.3) is 11.8 Å². The number of oxime groups is 1. The van der Waals surface area contributed by atoms with E-state index in [0.717, 1.165) is 11.3 Å². The average molecular weight is 555 g/mol. The summed E-state index contributed by atoms with van der Waals surface area (Å²) in [7, 11) is 1.24. The molecule has 16 heteroatoms. The number of nitrogens with one attached hydrogen (secondary N) is 2. The van der Waals surface area contributed by atoms with Gasteiger partial charge in [0.15, 0.2) is 10.8 Å². The molecule has 3 amide bonds. The minimum absolute atomic E-state index is 0.000330. The van der Waals surface area contributed by atoms with Crippen LogP contribution in [0.25, 0.3) is 0 Å². The topological polar surface area (TPSA) is 192 Å². The van der Waals surface area contributed by atoms with Crippen LogP contribution in [0.3, 0.4) is 0 Å². The molecular formula is C21H26N6O8S2. The lowest BCUT2D eigenvalue weighted by atomic mass is 10.0. The van der Waals surface area contributed by atoms with E-state index >= 15 is 0 Å². The molecule has 0 spiro atoms. The van der Waals surface area contributed by atoms with Crippen LogP contribution in [0.15, 0.2) is 22.3 Å². The van der Waals surface area contributed by atoms with Gasteiger partial charge in [-0.3, -0.25) is 24.1 Å². The number of aromatic nitrogens is 1. The van der Waals surface area contributed by atoms with Crippen LogP contribution in [0.2, 0.25) is 0 Å². The third-order valence-electron chi connectivity index (χ3n) is 4.99. The highest BCUT2D eigenvalue weighted by Crippen LogP contribution is 2.37. The molecule has 14 nitrogen and oxygen atoms in total. The molecule has 0 saturated carbocycles. The van der Waals surface area contributed by atoms with Crippen molar-refractivity contribution in [1.29, 1.82) is 0 Å². The Morgan fingerprint density at radius 2 is 2.00 bits per heavy atom. The molecule has 2 aliphatic rings. The Balaban J connectivity index is 1.63. The summed E-state index contributed by atoms with van der Waals surface area (Å²) in [5, 5.41) is 9.96. The number of esters is 2. The van der Waals surface area contributed by atoms with Gasteiger partial charge in [-0.1, -0.05) is 19.0 Å². The Kier molecular flexibility index (Phi) is 9.23. The molecule has 37 heavy (non-hydrogen) atoms. The van der Waals surface area contributed by atoms with E-state index in [2.05, 4.69) is 20.8 Å². The standard InChI is InChI=1S/C21H26N6O8S2/c1-9(2)19(31)34-8-35-20(32)12-5-6-36-18-14(17(30)27(12)18)24-16(29)13(26-33-4)11-7-37-21(23-11)25-15(28)10(3)22/h5,7,9-10,14,18H,6,8,22H2,1-4H3,(H,24,29)(H,23,25,28)/b26-13-/t10-,14+,18+/m0/s1. The number of carbonyl (C=O) groups excluding carboxylic acids is 5. The van der Waals surface area contributed by atoms with Crippen LogP contribution in [0.5, 0.6) is 0 Å². The molecule has 200 valence electrons. The second-order valence-electron chi connectivity index (χ2n) is 8.08. The lowest BCUT2D eigenvalue weighted by molar-refractivity contribution is -0.170. The largest absolute Gasteiger partial charge is 0.428 e. The molecule has 3 heterocycles. The predicted octanol–water partition coefficient (Wildman–Crippen LogP) is -0.237. The first-order valence-corrected chi connectivity index (χ1v) is 12.9. The molecule has 0 unspecified atom stereocenters. The number of thiazole rings is 1. The zero-order valence-electron chi connectivity index (χ0n) is 20.4. The first kappa shape index (κ1) is 28.1. The van der Waals surface area contributed by atoms with Crippen molar-refractivity contribution in [2.45, 2.75) is 38.2 Å². The van der Waals surface area contributed by atoms with Gasteiger partial charge in [-0.15, -0.1) is 23.1 Å². The minimum Gasteiger partial charge on any atom is -0.428 e. The molecule has 1 fully saturated rings. The summed E-state index contributed by atoms with van der Waals surface area (Å²) in [5.74, 6) is -3.09. The maximum Gasteiger partial charge on any atom is 0.357 e. The van der Waals surface area contributed by atoms with Crippen LogP contribution in [0.4, 0.5) is 5.13 Å². The number of anilines is 1. The van der Waals surface area contributed by atoms with Crippen molar-refractivity contribution in [2.75, 3.05) is 25.0 Å². The average Bonchev–Trinajstić information content (AvgIpc) is 3.32. The van der Waals surface area contributed by atoms with Gasteiger partial charge in [0.05, 0.1) is 12.0 Å². The van der Waals surface area contributed by atoms with Crippen molar-refractivity contribution in [3.05, 3.63) is 22.8 Å². The quantitative estimate of drug-likeness (QED) is 0.114.